The van der Waals surface area contributed by atoms with Crippen molar-refractivity contribution in [3.05, 3.63) is 60.2 Å². The molecular formula is C21H27N3O4S. The van der Waals surface area contributed by atoms with Crippen LogP contribution in [0.1, 0.15) is 18.9 Å². The highest BCUT2D eigenvalue weighted by Gasteiger charge is 2.35. The van der Waals surface area contributed by atoms with Gasteiger partial charge < -0.3 is 9.64 Å². The fourth-order valence-corrected chi connectivity index (χ4v) is 5.09. The van der Waals surface area contributed by atoms with Crippen LogP contribution >= 0.6 is 0 Å². The lowest BCUT2D eigenvalue weighted by Gasteiger charge is -2.35. The molecule has 0 N–H and O–H groups in total. The molecule has 1 aliphatic heterocycles. The maximum Gasteiger partial charge on any atom is 0.282 e. The van der Waals surface area contributed by atoms with Gasteiger partial charge in [-0.25, -0.2) is 0 Å². The normalized spacial score (nSPS) is 17.0. The smallest absolute Gasteiger partial charge is 0.282 e. The fraction of sp³-hybridized carbons (Fsp3) is 0.381. The molecule has 0 spiro atoms. The van der Waals surface area contributed by atoms with Crippen LogP contribution in [0.4, 0.5) is 5.69 Å². The number of ether oxygens (including phenoxy) is 1. The second kappa shape index (κ2) is 9.39. The minimum absolute atomic E-state index is 0.167. The summed E-state index contributed by atoms with van der Waals surface area (Å²) in [6.07, 6.45) is 0.675. The van der Waals surface area contributed by atoms with Gasteiger partial charge in [0.2, 0.25) is 5.91 Å². The Morgan fingerprint density at radius 2 is 1.79 bits per heavy atom. The van der Waals surface area contributed by atoms with Crippen molar-refractivity contribution in [2.45, 2.75) is 19.9 Å². The van der Waals surface area contributed by atoms with E-state index in [4.69, 9.17) is 4.74 Å². The Labute approximate surface area is 172 Å². The first-order valence-corrected chi connectivity index (χ1v) is 11.1. The van der Waals surface area contributed by atoms with Crippen LogP contribution in [0, 0.1) is 0 Å². The van der Waals surface area contributed by atoms with E-state index in [1.165, 1.54) is 8.61 Å². The van der Waals surface area contributed by atoms with Gasteiger partial charge in [0.1, 0.15) is 5.75 Å². The molecule has 2 aromatic carbocycles. The SMILES string of the molecule is CCN(C(=O)CN1CCCN(Cc2cccc(OC)c2)S1(=O)=O)c1ccccc1. The Hall–Kier alpha value is -2.42. The number of rotatable bonds is 7. The number of hydrogen-bond donors (Lipinski definition) is 0. The Bertz CT molecular complexity index is 934. The van der Waals surface area contributed by atoms with Crippen LogP contribution in [0.2, 0.25) is 0 Å². The molecule has 1 heterocycles. The zero-order chi connectivity index (χ0) is 20.9. The molecule has 2 aromatic rings. The molecule has 156 valence electrons. The third-order valence-corrected chi connectivity index (χ3v) is 6.89. The summed E-state index contributed by atoms with van der Waals surface area (Å²) in [5.74, 6) is 0.455. The van der Waals surface area contributed by atoms with Gasteiger partial charge in [0.15, 0.2) is 0 Å². The summed E-state index contributed by atoms with van der Waals surface area (Å²) in [7, 11) is -2.14. The minimum Gasteiger partial charge on any atom is -0.497 e. The van der Waals surface area contributed by atoms with Crippen molar-refractivity contribution in [2.75, 3.05) is 38.2 Å². The number of likely N-dealkylation sites (N-methyl/N-ethyl adjacent to an activating group) is 1. The first-order valence-electron chi connectivity index (χ1n) is 9.69. The van der Waals surface area contributed by atoms with E-state index >= 15 is 0 Å². The van der Waals surface area contributed by atoms with E-state index in [-0.39, 0.29) is 19.0 Å². The molecule has 1 amide bonds. The van der Waals surface area contributed by atoms with Crippen LogP contribution in [0.5, 0.6) is 5.75 Å². The number of amides is 1. The Kier molecular flexibility index (Phi) is 6.89. The van der Waals surface area contributed by atoms with E-state index in [1.807, 2.05) is 61.5 Å². The number of hydrogen-bond acceptors (Lipinski definition) is 4. The van der Waals surface area contributed by atoms with Crippen molar-refractivity contribution in [3.8, 4) is 5.75 Å². The van der Waals surface area contributed by atoms with E-state index < -0.39 is 10.2 Å². The zero-order valence-corrected chi connectivity index (χ0v) is 17.6. The van der Waals surface area contributed by atoms with Gasteiger partial charge in [-0.05, 0) is 43.2 Å². The van der Waals surface area contributed by atoms with E-state index in [0.717, 1.165) is 11.3 Å². The highest BCUT2D eigenvalue weighted by Crippen LogP contribution is 2.22. The molecule has 0 aromatic heterocycles. The predicted molar refractivity (Wildman–Crippen MR) is 113 cm³/mol. The van der Waals surface area contributed by atoms with Crippen molar-refractivity contribution < 1.29 is 17.9 Å². The predicted octanol–water partition coefficient (Wildman–Crippen LogP) is 2.50. The number of para-hydroxylation sites is 1. The summed E-state index contributed by atoms with van der Waals surface area (Å²) in [5.41, 5.74) is 1.61. The van der Waals surface area contributed by atoms with Crippen molar-refractivity contribution in [1.82, 2.24) is 8.61 Å². The summed E-state index contributed by atoms with van der Waals surface area (Å²) >= 11 is 0. The molecule has 29 heavy (non-hydrogen) atoms. The summed E-state index contributed by atoms with van der Waals surface area (Å²) in [4.78, 5) is 14.5. The first kappa shape index (κ1) is 21.3. The molecule has 3 rings (SSSR count). The topological polar surface area (TPSA) is 70.2 Å². The van der Waals surface area contributed by atoms with Crippen LogP contribution in [-0.2, 0) is 21.5 Å². The standard InChI is InChI=1S/C21H27N3O4S/c1-3-24(19-10-5-4-6-11-19)21(25)17-23-14-8-13-22(29(23,26)27)16-18-9-7-12-20(15-18)28-2/h4-7,9-12,15H,3,8,13-14,16-17H2,1-2H3. The molecule has 8 heteroatoms. The number of nitrogens with zero attached hydrogens (tertiary/aromatic N) is 3. The lowest BCUT2D eigenvalue weighted by atomic mass is 10.2. The van der Waals surface area contributed by atoms with Gasteiger partial charge in [-0.15, -0.1) is 0 Å². The Morgan fingerprint density at radius 1 is 1.07 bits per heavy atom. The molecule has 0 radical (unpaired) electrons. The third kappa shape index (κ3) is 4.95. The average Bonchev–Trinajstić information content (AvgIpc) is 2.72. The van der Waals surface area contributed by atoms with Crippen LogP contribution in [0.25, 0.3) is 0 Å². The lowest BCUT2D eigenvalue weighted by Crippen LogP contribution is -2.52. The number of carbonyl (C=O) groups excluding carboxylic acids is 1. The molecule has 1 fully saturated rings. The molecule has 7 nitrogen and oxygen atoms in total. The molecule has 0 bridgehead atoms. The largest absolute Gasteiger partial charge is 0.497 e. The third-order valence-electron chi connectivity index (χ3n) is 4.96. The van der Waals surface area contributed by atoms with E-state index in [9.17, 15) is 13.2 Å². The second-order valence-corrected chi connectivity index (χ2v) is 8.78. The quantitative estimate of drug-likeness (QED) is 0.694. The van der Waals surface area contributed by atoms with Gasteiger partial charge in [-0.2, -0.15) is 17.0 Å². The number of methoxy groups -OCH3 is 1. The number of carbonyl (C=O) groups is 1. The van der Waals surface area contributed by atoms with Gasteiger partial charge >= 0.3 is 0 Å². The highest BCUT2D eigenvalue weighted by molar-refractivity contribution is 7.86. The minimum atomic E-state index is -3.72. The van der Waals surface area contributed by atoms with Crippen molar-refractivity contribution in [2.24, 2.45) is 0 Å². The van der Waals surface area contributed by atoms with Crippen LogP contribution in [0.15, 0.2) is 54.6 Å². The van der Waals surface area contributed by atoms with Gasteiger partial charge in [-0.1, -0.05) is 30.3 Å². The summed E-state index contributed by atoms with van der Waals surface area (Å²) < 4.78 is 34.1. The van der Waals surface area contributed by atoms with E-state index in [1.54, 1.807) is 12.0 Å². The van der Waals surface area contributed by atoms with Crippen molar-refractivity contribution in [1.29, 1.82) is 0 Å². The maximum atomic E-state index is 13.1. The summed E-state index contributed by atoms with van der Waals surface area (Å²) in [5, 5.41) is 0. The monoisotopic (exact) mass is 417 g/mol. The van der Waals surface area contributed by atoms with Gasteiger partial charge in [0.05, 0.1) is 13.7 Å². The van der Waals surface area contributed by atoms with Crippen molar-refractivity contribution in [3.63, 3.8) is 0 Å². The molecule has 0 aliphatic carbocycles. The van der Waals surface area contributed by atoms with Crippen molar-refractivity contribution >= 4 is 21.8 Å². The lowest BCUT2D eigenvalue weighted by molar-refractivity contribution is -0.118. The Morgan fingerprint density at radius 3 is 2.48 bits per heavy atom. The molecule has 0 atom stereocenters. The molecule has 1 aliphatic rings. The Balaban J connectivity index is 1.73. The van der Waals surface area contributed by atoms with Gasteiger partial charge in [-0.3, -0.25) is 4.79 Å². The molecule has 0 saturated carbocycles. The summed E-state index contributed by atoms with van der Waals surface area (Å²) in [6.45, 7) is 3.21. The van der Waals surface area contributed by atoms with E-state index in [0.29, 0.717) is 31.8 Å². The molecule has 0 unspecified atom stereocenters. The maximum absolute atomic E-state index is 13.1. The molecule has 1 saturated heterocycles. The average molecular weight is 418 g/mol. The van der Waals surface area contributed by atoms with E-state index in [2.05, 4.69) is 0 Å². The first-order chi connectivity index (χ1) is 14.0. The zero-order valence-electron chi connectivity index (χ0n) is 16.8. The summed E-state index contributed by atoms with van der Waals surface area (Å²) in [6, 6.07) is 16.7. The second-order valence-electron chi connectivity index (χ2n) is 6.85. The van der Waals surface area contributed by atoms with Gasteiger partial charge in [0, 0.05) is 31.9 Å². The fourth-order valence-electron chi connectivity index (χ4n) is 3.46. The van der Waals surface area contributed by atoms with Gasteiger partial charge in [0.25, 0.3) is 10.2 Å². The van der Waals surface area contributed by atoms with Crippen LogP contribution in [0.3, 0.4) is 0 Å². The number of benzene rings is 2. The number of anilines is 1. The molecular weight excluding hydrogens is 390 g/mol. The van der Waals surface area contributed by atoms with Crippen LogP contribution < -0.4 is 9.64 Å². The van der Waals surface area contributed by atoms with Crippen LogP contribution in [-0.4, -0.2) is 56.2 Å². The highest BCUT2D eigenvalue weighted by atomic mass is 32.2.